The van der Waals surface area contributed by atoms with Gasteiger partial charge < -0.3 is 0 Å². The lowest BCUT2D eigenvalue weighted by molar-refractivity contribution is 1.23. The molecule has 0 aliphatic heterocycles. The number of fused-ring (bicyclic) bond motifs is 7. The minimum Gasteiger partial charge on any atom is -0.0616 e. The van der Waals surface area contributed by atoms with E-state index in [1.54, 1.807) is 0 Å². The van der Waals surface area contributed by atoms with Gasteiger partial charge in [0.05, 0.1) is 0 Å². The van der Waals surface area contributed by atoms with Gasteiger partial charge in [-0.05, 0) is 124 Å². The van der Waals surface area contributed by atoms with Gasteiger partial charge in [0.25, 0.3) is 0 Å². The van der Waals surface area contributed by atoms with Crippen molar-refractivity contribution in [3.05, 3.63) is 149 Å². The first kappa shape index (κ1) is 15.9. The second-order valence-corrected chi connectivity index (χ2v) is 9.03. The van der Waals surface area contributed by atoms with Gasteiger partial charge in [-0.1, -0.05) is 54.6 Å². The van der Waals surface area contributed by atoms with Crippen molar-refractivity contribution in [3.63, 3.8) is 0 Å². The van der Waals surface area contributed by atoms with Gasteiger partial charge in [-0.3, -0.25) is 0 Å². The Kier molecular flexibility index (Phi) is 2.77. The van der Waals surface area contributed by atoms with Gasteiger partial charge in [0.2, 0.25) is 0 Å². The van der Waals surface area contributed by atoms with Crippen molar-refractivity contribution >= 4 is 22.9 Å². The summed E-state index contributed by atoms with van der Waals surface area (Å²) in [6, 6.07) is 31.9. The van der Waals surface area contributed by atoms with E-state index in [0.717, 1.165) is 6.42 Å². The molecule has 0 amide bonds. The zero-order valence-corrected chi connectivity index (χ0v) is 16.9. The Labute approximate surface area is 178 Å². The predicted molar refractivity (Wildman–Crippen MR) is 125 cm³/mol. The molecular formula is C31H18. The molecule has 0 nitrogen and oxygen atoms in total. The van der Waals surface area contributed by atoms with Crippen LogP contribution in [-0.2, 0) is 6.42 Å². The highest BCUT2D eigenvalue weighted by molar-refractivity contribution is 5.87. The van der Waals surface area contributed by atoms with Crippen LogP contribution in [0, 0.1) is 31.3 Å². The third-order valence-corrected chi connectivity index (χ3v) is 7.30. The lowest BCUT2D eigenvalue weighted by Crippen LogP contribution is -1.96. The van der Waals surface area contributed by atoms with Gasteiger partial charge in [-0.25, -0.2) is 0 Å². The van der Waals surface area contributed by atoms with E-state index in [1.165, 1.54) is 74.8 Å². The Balaban J connectivity index is 1.47. The van der Waals surface area contributed by atoms with Crippen molar-refractivity contribution < 1.29 is 0 Å². The molecule has 0 saturated carbocycles. The number of rotatable bonds is 0. The summed E-state index contributed by atoms with van der Waals surface area (Å²) in [7, 11) is 0. The van der Waals surface area contributed by atoms with Gasteiger partial charge >= 0.3 is 0 Å². The maximum atomic E-state index is 2.43. The van der Waals surface area contributed by atoms with E-state index >= 15 is 0 Å². The average molecular weight is 390 g/mol. The highest BCUT2D eigenvalue weighted by Gasteiger charge is 2.15. The van der Waals surface area contributed by atoms with Gasteiger partial charge in [0.1, 0.15) is 0 Å². The van der Waals surface area contributed by atoms with Crippen molar-refractivity contribution in [2.75, 3.05) is 0 Å². The lowest BCUT2D eigenvalue weighted by atomic mass is 10.0. The summed E-state index contributed by atoms with van der Waals surface area (Å²) in [6.45, 7) is 0. The van der Waals surface area contributed by atoms with Crippen LogP contribution >= 0.6 is 0 Å². The maximum absolute atomic E-state index is 2.43. The molecule has 0 radical (unpaired) electrons. The van der Waals surface area contributed by atoms with E-state index < -0.39 is 0 Å². The molecule has 0 fully saturated rings. The monoisotopic (exact) mass is 390 g/mol. The molecular weight excluding hydrogens is 372 g/mol. The van der Waals surface area contributed by atoms with Gasteiger partial charge in [0.15, 0.2) is 0 Å². The molecule has 0 heteroatoms. The zero-order chi connectivity index (χ0) is 20.1. The molecule has 5 aromatic carbocycles. The van der Waals surface area contributed by atoms with Gasteiger partial charge in [-0.15, -0.1) is 0 Å². The summed E-state index contributed by atoms with van der Waals surface area (Å²) >= 11 is 0. The quantitative estimate of drug-likeness (QED) is 0.346. The average Bonchev–Trinajstić information content (AvgIpc) is 3.45. The zero-order valence-electron chi connectivity index (χ0n) is 16.9. The maximum Gasteiger partial charge on any atom is -0.00130 e. The first-order chi connectivity index (χ1) is 15.3. The second-order valence-electron chi connectivity index (χ2n) is 9.03. The van der Waals surface area contributed by atoms with E-state index in [-0.39, 0.29) is 0 Å². The SMILES string of the molecule is C1=c2ccccc2=c2cc3c(cc21)=c1cc2cc4c(cc2cc1C3)=c1ccccc1=C4. The van der Waals surface area contributed by atoms with Crippen LogP contribution in [0.2, 0.25) is 0 Å². The molecule has 0 aromatic heterocycles. The summed E-state index contributed by atoms with van der Waals surface area (Å²) in [5.41, 5.74) is 5.60. The minimum atomic E-state index is 1.02. The summed E-state index contributed by atoms with van der Waals surface area (Å²) < 4.78 is 0. The number of hydrogen-bond acceptors (Lipinski definition) is 0. The van der Waals surface area contributed by atoms with Crippen LogP contribution in [-0.4, -0.2) is 0 Å². The molecule has 0 unspecified atom stereocenters. The third kappa shape index (κ3) is 2.04. The Morgan fingerprint density at radius 1 is 0.419 bits per heavy atom. The van der Waals surface area contributed by atoms with Crippen LogP contribution in [0.15, 0.2) is 84.9 Å². The highest BCUT2D eigenvalue weighted by atomic mass is 14.2. The van der Waals surface area contributed by atoms with Crippen molar-refractivity contribution in [1.82, 2.24) is 0 Å². The van der Waals surface area contributed by atoms with Crippen LogP contribution in [0.5, 0.6) is 0 Å². The van der Waals surface area contributed by atoms with E-state index in [9.17, 15) is 0 Å². The summed E-state index contributed by atoms with van der Waals surface area (Å²) in [6.07, 6.45) is 5.68. The van der Waals surface area contributed by atoms with E-state index in [4.69, 9.17) is 0 Å². The molecule has 3 aliphatic rings. The molecule has 5 aromatic rings. The van der Waals surface area contributed by atoms with Crippen molar-refractivity contribution in [2.24, 2.45) is 0 Å². The normalized spacial score (nSPS) is 13.5. The topological polar surface area (TPSA) is 0 Å². The largest absolute Gasteiger partial charge is 0.0616 e. The molecule has 0 heterocycles. The van der Waals surface area contributed by atoms with Crippen LogP contribution in [0.1, 0.15) is 22.3 Å². The molecule has 142 valence electrons. The first-order valence-corrected chi connectivity index (χ1v) is 11.0. The molecule has 8 rings (SSSR count). The third-order valence-electron chi connectivity index (χ3n) is 7.30. The fourth-order valence-electron chi connectivity index (χ4n) is 5.85. The molecule has 0 atom stereocenters. The number of hydrogen-bond donors (Lipinski definition) is 0. The molecule has 0 spiro atoms. The molecule has 3 aliphatic carbocycles. The minimum absolute atomic E-state index is 1.02. The second kappa shape index (κ2) is 5.42. The van der Waals surface area contributed by atoms with Crippen LogP contribution in [0.4, 0.5) is 0 Å². The summed E-state index contributed by atoms with van der Waals surface area (Å²) in [5, 5.41) is 13.6. The molecule has 31 heavy (non-hydrogen) atoms. The van der Waals surface area contributed by atoms with E-state index in [2.05, 4.69) is 97.1 Å². The summed E-state index contributed by atoms with van der Waals surface area (Å²) in [4.78, 5) is 0. The van der Waals surface area contributed by atoms with Crippen LogP contribution < -0.4 is 10.4 Å². The van der Waals surface area contributed by atoms with Crippen LogP contribution in [0.3, 0.4) is 0 Å². The molecule has 0 saturated heterocycles. The fourth-order valence-corrected chi connectivity index (χ4v) is 5.85. The Morgan fingerprint density at radius 2 is 0.968 bits per heavy atom. The lowest BCUT2D eigenvalue weighted by Gasteiger charge is -2.03. The van der Waals surface area contributed by atoms with Gasteiger partial charge in [-0.2, -0.15) is 0 Å². The number of benzene rings is 5. The predicted octanol–water partition coefficient (Wildman–Crippen LogP) is 4.89. The Morgan fingerprint density at radius 3 is 1.74 bits per heavy atom. The van der Waals surface area contributed by atoms with Crippen molar-refractivity contribution in [1.29, 1.82) is 0 Å². The fraction of sp³-hybridized carbons (Fsp3) is 0.0323. The Hall–Kier alpha value is -3.90. The first-order valence-electron chi connectivity index (χ1n) is 11.0. The standard InChI is InChI=1S/C31H18/c1-3-7-26-18(5-1)9-22-11-21-15-30-23(12-20(21)14-28(22)26)13-25-16-29-24(17-31(25)30)10-19-6-2-4-8-27(19)29/h1-12,14-17H,13H2. The van der Waals surface area contributed by atoms with E-state index in [0.29, 0.717) is 0 Å². The highest BCUT2D eigenvalue weighted by Crippen LogP contribution is 2.29. The van der Waals surface area contributed by atoms with E-state index in [1.807, 2.05) is 0 Å². The molecule has 0 N–H and O–H groups in total. The molecule has 0 bridgehead atoms. The smallest absolute Gasteiger partial charge is 0.00130 e. The van der Waals surface area contributed by atoms with Crippen molar-refractivity contribution in [2.45, 2.75) is 6.42 Å². The summed E-state index contributed by atoms with van der Waals surface area (Å²) in [5.74, 6) is 0. The van der Waals surface area contributed by atoms with Gasteiger partial charge in [0, 0.05) is 0 Å². The Bertz CT molecular complexity index is 2060. The van der Waals surface area contributed by atoms with Crippen LogP contribution in [0.25, 0.3) is 22.9 Å². The van der Waals surface area contributed by atoms with Crippen molar-refractivity contribution in [3.8, 4) is 0 Å².